The maximum Gasteiger partial charge on any atom is 0.264 e. The Balaban J connectivity index is 1.08. The molecule has 0 amide bonds. The Kier molecular flexibility index (Phi) is 9.82. The normalized spacial score (nSPS) is 14.1. The molecule has 0 aliphatic carbocycles. The smallest absolute Gasteiger partial charge is 0.264 e. The Morgan fingerprint density at radius 2 is 0.864 bits per heavy atom. The molecule has 6 heterocycles. The summed E-state index contributed by atoms with van der Waals surface area (Å²) in [5, 5.41) is 0. The molecule has 5 aliphatic rings. The van der Waals surface area contributed by atoms with Gasteiger partial charge in [-0.15, -0.1) is 0 Å². The van der Waals surface area contributed by atoms with E-state index in [-0.39, 0.29) is 13.4 Å². The summed E-state index contributed by atoms with van der Waals surface area (Å²) in [4.78, 5) is 10.5. The molecule has 0 fully saturated rings. The van der Waals surface area contributed by atoms with Crippen molar-refractivity contribution < 1.29 is 0 Å². The number of aryl methyl sites for hydroxylation is 3. The van der Waals surface area contributed by atoms with Crippen LogP contribution < -0.4 is 51.0 Å². The fourth-order valence-electron chi connectivity index (χ4n) is 11.9. The number of hydrogen-bond donors (Lipinski definition) is 0. The molecule has 0 N–H and O–H groups in total. The fraction of sp³-hybridized carbons (Fsp3) is 0.207. The van der Waals surface area contributed by atoms with Gasteiger partial charge in [-0.2, -0.15) is 11.3 Å². The highest BCUT2D eigenvalue weighted by molar-refractivity contribution is 14.1. The van der Waals surface area contributed by atoms with Crippen LogP contribution in [-0.4, -0.2) is 13.4 Å². The standard InChI is InChI=1S/C58H51B2IN4S/c1-4-7-14-37-23-29-41(30-24-37)63-49-20-13-21-50-53(49)59(43-33-25-39(16-9-6-3)36-52(43)63)57-55-56-58(66-57)60-44-35-38(15-8-5-2)26-34-45(44)62(42-31-27-40(61)28-32-42)48-19-12-22-51(54(48)60)65(56)47-18-11-10-17-46(47)64(50)55/h10-13,17-36H,4-9,14-16H2,1-3H3. The summed E-state index contributed by atoms with van der Waals surface area (Å²) in [6, 6.07) is 56.9. The average molecular weight is 985 g/mol. The molecule has 7 aromatic carbocycles. The first-order valence-electron chi connectivity index (χ1n) is 24.4. The highest BCUT2D eigenvalue weighted by Crippen LogP contribution is 2.58. The van der Waals surface area contributed by atoms with Crippen LogP contribution in [0.5, 0.6) is 0 Å². The lowest BCUT2D eigenvalue weighted by Crippen LogP contribution is -2.61. The predicted octanol–water partition coefficient (Wildman–Crippen LogP) is 12.9. The molecule has 8 heteroatoms. The van der Waals surface area contributed by atoms with Gasteiger partial charge in [0.1, 0.15) is 0 Å². The fourth-order valence-corrected chi connectivity index (χ4v) is 13.8. The molecular formula is C58H51B2IN4S. The number of hydrogen-bond acceptors (Lipinski definition) is 5. The summed E-state index contributed by atoms with van der Waals surface area (Å²) < 4.78 is 4.15. The molecule has 0 bridgehead atoms. The van der Waals surface area contributed by atoms with Crippen molar-refractivity contribution in [3.8, 4) is 0 Å². The number of unbranched alkanes of at least 4 members (excludes halogenated alkanes) is 3. The molecule has 0 saturated carbocycles. The molecule has 0 spiro atoms. The third kappa shape index (κ3) is 5.95. The molecule has 0 atom stereocenters. The van der Waals surface area contributed by atoms with Gasteiger partial charge >= 0.3 is 0 Å². The van der Waals surface area contributed by atoms with Crippen molar-refractivity contribution in [2.45, 2.75) is 78.6 Å². The minimum atomic E-state index is 0.0882. The van der Waals surface area contributed by atoms with E-state index < -0.39 is 0 Å². The number of thiophene rings is 1. The summed E-state index contributed by atoms with van der Waals surface area (Å²) in [6.45, 7) is 7.07. The maximum absolute atomic E-state index is 2.66. The van der Waals surface area contributed by atoms with Crippen LogP contribution in [0, 0.1) is 3.57 Å². The van der Waals surface area contributed by atoms with Gasteiger partial charge in [0.25, 0.3) is 13.4 Å². The van der Waals surface area contributed by atoms with E-state index in [4.69, 9.17) is 0 Å². The van der Waals surface area contributed by atoms with Gasteiger partial charge in [-0.3, -0.25) is 0 Å². The van der Waals surface area contributed by atoms with Gasteiger partial charge in [-0.1, -0.05) is 101 Å². The second-order valence-corrected chi connectivity index (χ2v) is 21.2. The van der Waals surface area contributed by atoms with E-state index in [1.807, 2.05) is 0 Å². The van der Waals surface area contributed by atoms with Crippen molar-refractivity contribution in [3.63, 3.8) is 0 Å². The topological polar surface area (TPSA) is 13.0 Å². The second kappa shape index (κ2) is 16.0. The zero-order valence-corrected chi connectivity index (χ0v) is 40.9. The van der Waals surface area contributed by atoms with Crippen molar-refractivity contribution in [2.24, 2.45) is 0 Å². The van der Waals surface area contributed by atoms with Crippen molar-refractivity contribution in [2.75, 3.05) is 19.6 Å². The Hall–Kier alpha value is -5.70. The van der Waals surface area contributed by atoms with Crippen molar-refractivity contribution >= 4 is 147 Å². The summed E-state index contributed by atoms with van der Waals surface area (Å²) in [7, 11) is 0. The molecule has 322 valence electrons. The van der Waals surface area contributed by atoms with Crippen LogP contribution in [0.15, 0.2) is 146 Å². The van der Waals surface area contributed by atoms with Gasteiger partial charge in [0.15, 0.2) is 0 Å². The van der Waals surface area contributed by atoms with E-state index in [9.17, 15) is 0 Å². The van der Waals surface area contributed by atoms with Crippen molar-refractivity contribution in [3.05, 3.63) is 166 Å². The third-order valence-corrected chi connectivity index (χ3v) is 17.0. The summed E-state index contributed by atoms with van der Waals surface area (Å²) in [5.41, 5.74) is 25.3. The van der Waals surface area contributed by atoms with E-state index in [1.165, 1.54) is 158 Å². The number of anilines is 12. The molecule has 4 nitrogen and oxygen atoms in total. The predicted molar refractivity (Wildman–Crippen MR) is 294 cm³/mol. The Morgan fingerprint density at radius 3 is 1.44 bits per heavy atom. The molecule has 1 aromatic heterocycles. The lowest BCUT2D eigenvalue weighted by Gasteiger charge is -2.49. The van der Waals surface area contributed by atoms with E-state index >= 15 is 0 Å². The van der Waals surface area contributed by atoms with Gasteiger partial charge in [-0.05, 0) is 185 Å². The minimum Gasteiger partial charge on any atom is -0.311 e. The number of nitrogens with zero attached hydrogens (tertiary/aromatic N) is 4. The molecule has 0 radical (unpaired) electrons. The van der Waals surface area contributed by atoms with Gasteiger partial charge in [0.05, 0.1) is 22.7 Å². The van der Waals surface area contributed by atoms with Gasteiger partial charge in [0.2, 0.25) is 0 Å². The maximum atomic E-state index is 2.66. The number of benzene rings is 7. The summed E-state index contributed by atoms with van der Waals surface area (Å²) >= 11 is 4.52. The van der Waals surface area contributed by atoms with Crippen LogP contribution in [0.25, 0.3) is 0 Å². The first-order chi connectivity index (χ1) is 32.6. The van der Waals surface area contributed by atoms with Crippen LogP contribution >= 0.6 is 33.9 Å². The van der Waals surface area contributed by atoms with E-state index in [0.717, 1.165) is 19.3 Å². The number of para-hydroxylation sites is 2. The van der Waals surface area contributed by atoms with Crippen molar-refractivity contribution in [1.82, 2.24) is 0 Å². The van der Waals surface area contributed by atoms with Gasteiger partial charge < -0.3 is 19.6 Å². The highest BCUT2D eigenvalue weighted by Gasteiger charge is 2.53. The molecule has 0 unspecified atom stereocenters. The highest BCUT2D eigenvalue weighted by atomic mass is 127. The SMILES string of the molecule is CCCCc1ccc(N2c3cc(CCCC)ccc3B3c4sc5c6c4N(c4ccccc4N6c4cccc6c4B5c4cc(CCCC)ccc4N6c4ccc(I)cc4)c4cccc2c43)cc1. The Labute approximate surface area is 408 Å². The quantitative estimate of drug-likeness (QED) is 0.0946. The molecule has 5 aliphatic heterocycles. The van der Waals surface area contributed by atoms with Crippen LogP contribution in [0.1, 0.15) is 76.0 Å². The van der Waals surface area contributed by atoms with Crippen LogP contribution in [-0.2, 0) is 19.3 Å². The number of rotatable bonds is 11. The Bertz CT molecular complexity index is 3230. The summed E-state index contributed by atoms with van der Waals surface area (Å²) in [5.74, 6) is 0. The van der Waals surface area contributed by atoms with Crippen LogP contribution in [0.4, 0.5) is 68.2 Å². The molecule has 66 heavy (non-hydrogen) atoms. The summed E-state index contributed by atoms with van der Waals surface area (Å²) in [6.07, 6.45) is 10.5. The van der Waals surface area contributed by atoms with E-state index in [1.54, 1.807) is 0 Å². The Morgan fingerprint density at radius 1 is 0.409 bits per heavy atom. The molecular weight excluding hydrogens is 933 g/mol. The first kappa shape index (κ1) is 40.6. The minimum absolute atomic E-state index is 0.0882. The molecule has 13 rings (SSSR count). The second-order valence-electron chi connectivity index (χ2n) is 18.9. The number of fused-ring (bicyclic) bond motifs is 11. The molecule has 8 aromatic rings. The zero-order chi connectivity index (χ0) is 44.2. The lowest BCUT2D eigenvalue weighted by molar-refractivity contribution is 0.795. The van der Waals surface area contributed by atoms with Gasteiger partial charge in [0, 0.05) is 58.6 Å². The zero-order valence-electron chi connectivity index (χ0n) is 38.0. The lowest BCUT2D eigenvalue weighted by atomic mass is 9.35. The largest absolute Gasteiger partial charge is 0.311 e. The third-order valence-electron chi connectivity index (χ3n) is 14.9. The van der Waals surface area contributed by atoms with Crippen molar-refractivity contribution in [1.29, 1.82) is 0 Å². The van der Waals surface area contributed by atoms with Crippen LogP contribution in [0.2, 0.25) is 0 Å². The monoisotopic (exact) mass is 984 g/mol. The van der Waals surface area contributed by atoms with Crippen LogP contribution in [0.3, 0.4) is 0 Å². The van der Waals surface area contributed by atoms with E-state index in [0.29, 0.717) is 0 Å². The number of halogens is 1. The first-order valence-corrected chi connectivity index (χ1v) is 26.3. The van der Waals surface area contributed by atoms with E-state index in [2.05, 4.69) is 220 Å². The molecule has 0 saturated heterocycles. The average Bonchev–Trinajstić information content (AvgIpc) is 3.75. The van der Waals surface area contributed by atoms with Gasteiger partial charge in [-0.25, -0.2) is 0 Å².